The van der Waals surface area contributed by atoms with Crippen molar-refractivity contribution in [2.24, 2.45) is 0 Å². The molecule has 0 aliphatic heterocycles. The van der Waals surface area contributed by atoms with Crippen LogP contribution in [0.2, 0.25) is 0 Å². The highest BCUT2D eigenvalue weighted by molar-refractivity contribution is 6.02. The van der Waals surface area contributed by atoms with Crippen molar-refractivity contribution in [1.29, 1.82) is 0 Å². The van der Waals surface area contributed by atoms with Gasteiger partial charge in [-0.25, -0.2) is 19.2 Å². The zero-order chi connectivity index (χ0) is 26.6. The summed E-state index contributed by atoms with van der Waals surface area (Å²) in [6.45, 7) is 0. The van der Waals surface area contributed by atoms with Crippen LogP contribution in [-0.4, -0.2) is 41.3 Å². The first-order valence-corrected chi connectivity index (χ1v) is 10.4. The number of H-pyrrole nitrogens is 1. The van der Waals surface area contributed by atoms with Gasteiger partial charge in [-0.05, 0) is 53.6 Å². The summed E-state index contributed by atoms with van der Waals surface area (Å²) in [7, 11) is 0. The van der Waals surface area contributed by atoms with Crippen molar-refractivity contribution in [3.05, 3.63) is 65.5 Å². The van der Waals surface area contributed by atoms with Crippen molar-refractivity contribution in [3.63, 3.8) is 0 Å². The molecule has 1 saturated carbocycles. The maximum atomic E-state index is 14.6. The summed E-state index contributed by atoms with van der Waals surface area (Å²) in [6.07, 6.45) is -8.26. The maximum absolute atomic E-state index is 14.6. The van der Waals surface area contributed by atoms with Crippen LogP contribution in [-0.2, 0) is 22.6 Å². The average molecular weight is 526 g/mol. The van der Waals surface area contributed by atoms with Crippen LogP contribution in [0.1, 0.15) is 29.8 Å². The Kier molecular flexibility index (Phi) is 5.49. The molecular weight excluding hydrogens is 513 g/mol. The Bertz CT molecular complexity index is 1470. The van der Waals surface area contributed by atoms with Gasteiger partial charge in [0.1, 0.15) is 12.1 Å². The van der Waals surface area contributed by atoms with Gasteiger partial charge >= 0.3 is 12.4 Å². The minimum Gasteiger partial charge on any atom is -0.325 e. The van der Waals surface area contributed by atoms with E-state index in [9.17, 15) is 35.5 Å². The number of halogens is 7. The second kappa shape index (κ2) is 8.35. The maximum Gasteiger partial charge on any atom is 0.453 e. The number of hydrogen-bond acceptors (Lipinski definition) is 6. The Morgan fingerprint density at radius 1 is 1.03 bits per heavy atom. The lowest BCUT2D eigenvalue weighted by molar-refractivity contribution is -0.144. The van der Waals surface area contributed by atoms with Crippen LogP contribution in [0.15, 0.2) is 42.7 Å². The number of rotatable bonds is 5. The highest BCUT2D eigenvalue weighted by atomic mass is 19.4. The second-order valence-corrected chi connectivity index (χ2v) is 8.22. The molecular formula is C21H13F7N8O. The van der Waals surface area contributed by atoms with E-state index in [1.807, 2.05) is 0 Å². The predicted octanol–water partition coefficient (Wildman–Crippen LogP) is 4.29. The van der Waals surface area contributed by atoms with Gasteiger partial charge in [-0.3, -0.25) is 4.79 Å². The van der Waals surface area contributed by atoms with Gasteiger partial charge in [0.05, 0.1) is 16.7 Å². The van der Waals surface area contributed by atoms with E-state index in [1.54, 1.807) is 0 Å². The van der Waals surface area contributed by atoms with E-state index in [0.29, 0.717) is 12.1 Å². The van der Waals surface area contributed by atoms with Crippen LogP contribution in [0.3, 0.4) is 0 Å². The number of tetrazole rings is 1. The standard InChI is InChI=1S/C21H13F7N8O/c22-14-7-10(20(23,24)25)1-3-13(14)19(5-6-19)18(37)30-11-2-4-15(12(8-11)16-31-34-35-32-16)36-9-29-17(33-36)21(26,27)28/h1-4,7-9H,5-6H2,(H,30,37)(H,31,32,34,35). The van der Waals surface area contributed by atoms with Gasteiger partial charge in [0.25, 0.3) is 5.82 Å². The van der Waals surface area contributed by atoms with Crippen LogP contribution in [0.25, 0.3) is 17.1 Å². The van der Waals surface area contributed by atoms with E-state index in [-0.39, 0.29) is 41.2 Å². The number of nitrogens with one attached hydrogen (secondary N) is 2. The largest absolute Gasteiger partial charge is 0.453 e. The number of carbonyl (C=O) groups excluding carboxylic acids is 1. The summed E-state index contributed by atoms with van der Waals surface area (Å²) < 4.78 is 93.0. The lowest BCUT2D eigenvalue weighted by atomic mass is 9.93. The van der Waals surface area contributed by atoms with Gasteiger partial charge in [0, 0.05) is 16.8 Å². The molecule has 37 heavy (non-hydrogen) atoms. The number of nitrogens with zero attached hydrogens (tertiary/aromatic N) is 6. The van der Waals surface area contributed by atoms with E-state index in [0.717, 1.165) is 17.1 Å². The fourth-order valence-corrected chi connectivity index (χ4v) is 3.86. The molecule has 1 amide bonds. The number of benzene rings is 2. The Hall–Kier alpha value is -4.37. The summed E-state index contributed by atoms with van der Waals surface area (Å²) in [5.74, 6) is -3.16. The van der Waals surface area contributed by atoms with Gasteiger partial charge in [-0.15, -0.1) is 10.2 Å². The van der Waals surface area contributed by atoms with Crippen molar-refractivity contribution < 1.29 is 35.5 Å². The van der Waals surface area contributed by atoms with E-state index in [2.05, 4.69) is 36.0 Å². The van der Waals surface area contributed by atoms with E-state index in [1.165, 1.54) is 18.2 Å². The molecule has 2 N–H and O–H groups in total. The van der Waals surface area contributed by atoms with Crippen molar-refractivity contribution in [1.82, 2.24) is 35.4 Å². The summed E-state index contributed by atoms with van der Waals surface area (Å²) in [4.78, 5) is 16.3. The summed E-state index contributed by atoms with van der Waals surface area (Å²) >= 11 is 0. The molecule has 4 aromatic rings. The molecule has 192 valence electrons. The molecule has 0 saturated heterocycles. The third-order valence-electron chi connectivity index (χ3n) is 5.84. The number of amides is 1. The molecule has 0 atom stereocenters. The summed E-state index contributed by atoms with van der Waals surface area (Å²) in [5, 5.41) is 19.1. The number of alkyl halides is 6. The third kappa shape index (κ3) is 4.49. The van der Waals surface area contributed by atoms with E-state index >= 15 is 0 Å². The summed E-state index contributed by atoms with van der Waals surface area (Å²) in [5.41, 5.74) is -2.32. The lowest BCUT2D eigenvalue weighted by Crippen LogP contribution is -2.29. The number of anilines is 1. The molecule has 5 rings (SSSR count). The van der Waals surface area contributed by atoms with Gasteiger partial charge in [-0.2, -0.15) is 26.3 Å². The topological polar surface area (TPSA) is 114 Å². The fraction of sp³-hybridized carbons (Fsp3) is 0.238. The Morgan fingerprint density at radius 3 is 2.35 bits per heavy atom. The van der Waals surface area contributed by atoms with Crippen LogP contribution in [0.5, 0.6) is 0 Å². The van der Waals surface area contributed by atoms with Gasteiger partial charge in [-0.1, -0.05) is 6.07 Å². The molecule has 2 aromatic carbocycles. The second-order valence-electron chi connectivity index (χ2n) is 8.22. The number of hydrogen-bond donors (Lipinski definition) is 2. The van der Waals surface area contributed by atoms with E-state index in [4.69, 9.17) is 0 Å². The van der Waals surface area contributed by atoms with Crippen molar-refractivity contribution in [2.45, 2.75) is 30.6 Å². The minimum absolute atomic E-state index is 0.0325. The smallest absolute Gasteiger partial charge is 0.325 e. The highest BCUT2D eigenvalue weighted by Gasteiger charge is 2.53. The van der Waals surface area contributed by atoms with Crippen molar-refractivity contribution in [3.8, 4) is 17.1 Å². The Balaban J connectivity index is 1.46. The third-order valence-corrected chi connectivity index (χ3v) is 5.84. The SMILES string of the molecule is O=C(Nc1ccc(-n2cnc(C(F)(F)F)n2)c(-c2nnn[nH]2)c1)C1(c2ccc(C(F)(F)F)cc2F)CC1. The molecule has 0 bridgehead atoms. The average Bonchev–Trinajstić information content (AvgIpc) is 3.21. The first-order chi connectivity index (χ1) is 17.4. The molecule has 9 nitrogen and oxygen atoms in total. The van der Waals surface area contributed by atoms with Crippen molar-refractivity contribution >= 4 is 11.6 Å². The van der Waals surface area contributed by atoms with Gasteiger partial charge in [0.15, 0.2) is 5.82 Å². The molecule has 0 radical (unpaired) electrons. The molecule has 1 fully saturated rings. The molecule has 2 heterocycles. The molecule has 0 unspecified atom stereocenters. The molecule has 0 spiro atoms. The van der Waals surface area contributed by atoms with Gasteiger partial charge in [0.2, 0.25) is 5.91 Å². The minimum atomic E-state index is -4.78. The van der Waals surface area contributed by atoms with Gasteiger partial charge < -0.3 is 5.32 Å². The molecule has 1 aliphatic carbocycles. The Labute approximate surface area is 201 Å². The monoisotopic (exact) mass is 526 g/mol. The van der Waals surface area contributed by atoms with Crippen LogP contribution in [0.4, 0.5) is 36.4 Å². The quantitative estimate of drug-likeness (QED) is 0.375. The van der Waals surface area contributed by atoms with Crippen molar-refractivity contribution in [2.75, 3.05) is 5.32 Å². The number of aromatic amines is 1. The van der Waals surface area contributed by atoms with Crippen LogP contribution in [0, 0.1) is 5.82 Å². The fourth-order valence-electron chi connectivity index (χ4n) is 3.86. The molecule has 1 aliphatic rings. The molecule has 16 heteroatoms. The number of aromatic nitrogens is 7. The Morgan fingerprint density at radius 2 is 1.78 bits per heavy atom. The normalized spacial score (nSPS) is 15.0. The number of carbonyl (C=O) groups is 1. The lowest BCUT2D eigenvalue weighted by Gasteiger charge is -2.18. The predicted molar refractivity (Wildman–Crippen MR) is 110 cm³/mol. The van der Waals surface area contributed by atoms with E-state index < -0.39 is 40.9 Å². The van der Waals surface area contributed by atoms with Crippen LogP contribution < -0.4 is 5.32 Å². The highest BCUT2D eigenvalue weighted by Crippen LogP contribution is 2.50. The first kappa shape index (κ1) is 24.3. The summed E-state index contributed by atoms with van der Waals surface area (Å²) in [6, 6.07) is 6.05. The zero-order valence-corrected chi connectivity index (χ0v) is 18.2. The molecule has 2 aromatic heterocycles. The zero-order valence-electron chi connectivity index (χ0n) is 18.2. The van der Waals surface area contributed by atoms with Crippen LogP contribution >= 0.6 is 0 Å². The first-order valence-electron chi connectivity index (χ1n) is 10.4.